The number of anilines is 1. The van der Waals surface area contributed by atoms with Gasteiger partial charge >= 0.3 is 0 Å². The zero-order chi connectivity index (χ0) is 14.4. The Balaban J connectivity index is 3.04. The second-order valence-electron chi connectivity index (χ2n) is 4.57. The van der Waals surface area contributed by atoms with Crippen LogP contribution in [0, 0.1) is 0 Å². The van der Waals surface area contributed by atoms with Gasteiger partial charge in [0, 0.05) is 43.5 Å². The van der Waals surface area contributed by atoms with Gasteiger partial charge in [-0.15, -0.1) is 0 Å². The molecule has 1 N–H and O–H groups in total. The normalized spacial score (nSPS) is 10.4. The Morgan fingerprint density at radius 3 is 2.58 bits per heavy atom. The fraction of sp³-hybridized carbons (Fsp3) is 0.500. The molecule has 0 aromatic heterocycles. The van der Waals surface area contributed by atoms with Crippen molar-refractivity contribution >= 4 is 23.2 Å². The molecule has 0 fully saturated rings. The third-order valence-electron chi connectivity index (χ3n) is 3.00. The van der Waals surface area contributed by atoms with E-state index in [-0.39, 0.29) is 5.91 Å². The van der Waals surface area contributed by atoms with Gasteiger partial charge in [0.2, 0.25) is 5.91 Å². The summed E-state index contributed by atoms with van der Waals surface area (Å²) < 4.78 is 0. The first kappa shape index (κ1) is 15.8. The van der Waals surface area contributed by atoms with Crippen molar-refractivity contribution in [2.24, 2.45) is 0 Å². The quantitative estimate of drug-likeness (QED) is 0.867. The van der Waals surface area contributed by atoms with Crippen LogP contribution in [0.1, 0.15) is 12.5 Å². The number of rotatable bonds is 6. The van der Waals surface area contributed by atoms with Crippen molar-refractivity contribution in [2.75, 3.05) is 39.1 Å². The third-order valence-corrected chi connectivity index (χ3v) is 3.35. The van der Waals surface area contributed by atoms with Gasteiger partial charge in [0.1, 0.15) is 0 Å². The van der Waals surface area contributed by atoms with Crippen molar-refractivity contribution in [2.45, 2.75) is 13.5 Å². The summed E-state index contributed by atoms with van der Waals surface area (Å²) in [4.78, 5) is 15.5. The van der Waals surface area contributed by atoms with Crippen LogP contribution in [-0.4, -0.2) is 45.0 Å². The van der Waals surface area contributed by atoms with Gasteiger partial charge in [-0.1, -0.05) is 17.7 Å². The predicted octanol–water partition coefficient (Wildman–Crippen LogP) is 1.97. The Hall–Kier alpha value is -1.26. The molecule has 0 heterocycles. The van der Waals surface area contributed by atoms with Crippen LogP contribution >= 0.6 is 11.6 Å². The number of nitrogens with zero attached hydrogens (tertiary/aromatic N) is 2. The largest absolute Gasteiger partial charge is 0.362 e. The van der Waals surface area contributed by atoms with Crippen molar-refractivity contribution in [3.8, 4) is 0 Å². The number of amides is 1. The monoisotopic (exact) mass is 283 g/mol. The molecule has 1 amide bonds. The number of hydrogen-bond acceptors (Lipinski definition) is 3. The molecule has 1 rings (SSSR count). The Labute approximate surface area is 120 Å². The molecule has 0 saturated heterocycles. The van der Waals surface area contributed by atoms with Crippen molar-refractivity contribution in [1.29, 1.82) is 0 Å². The molecule has 0 unspecified atom stereocenters. The van der Waals surface area contributed by atoms with Crippen LogP contribution in [0.5, 0.6) is 0 Å². The molecule has 0 spiro atoms. The Morgan fingerprint density at radius 1 is 1.37 bits per heavy atom. The lowest BCUT2D eigenvalue weighted by molar-refractivity contribution is -0.127. The SMILES string of the molecule is CCN(CC(=O)N(C)C)c1cccc(Cl)c1CNC. The zero-order valence-corrected chi connectivity index (χ0v) is 12.8. The molecule has 1 aromatic carbocycles. The van der Waals surface area contributed by atoms with E-state index in [0.717, 1.165) is 22.8 Å². The van der Waals surface area contributed by atoms with Crippen LogP contribution < -0.4 is 10.2 Å². The molecular weight excluding hydrogens is 262 g/mol. The van der Waals surface area contributed by atoms with Crippen molar-refractivity contribution in [3.05, 3.63) is 28.8 Å². The first-order valence-electron chi connectivity index (χ1n) is 6.38. The van der Waals surface area contributed by atoms with Gasteiger partial charge in [0.25, 0.3) is 0 Å². The number of nitrogens with one attached hydrogen (secondary N) is 1. The van der Waals surface area contributed by atoms with E-state index < -0.39 is 0 Å². The maximum atomic E-state index is 11.9. The molecule has 19 heavy (non-hydrogen) atoms. The van der Waals surface area contributed by atoms with E-state index in [9.17, 15) is 4.79 Å². The van der Waals surface area contributed by atoms with E-state index in [1.165, 1.54) is 0 Å². The molecule has 0 saturated carbocycles. The first-order valence-corrected chi connectivity index (χ1v) is 6.76. The second kappa shape index (κ2) is 7.36. The second-order valence-corrected chi connectivity index (χ2v) is 4.98. The van der Waals surface area contributed by atoms with Crippen LogP contribution in [0.15, 0.2) is 18.2 Å². The fourth-order valence-corrected chi connectivity index (χ4v) is 2.10. The highest BCUT2D eigenvalue weighted by atomic mass is 35.5. The number of likely N-dealkylation sites (N-methyl/N-ethyl adjacent to an activating group) is 2. The van der Waals surface area contributed by atoms with Gasteiger partial charge in [-0.3, -0.25) is 4.79 Å². The average molecular weight is 284 g/mol. The molecule has 5 heteroatoms. The summed E-state index contributed by atoms with van der Waals surface area (Å²) in [6, 6.07) is 5.80. The lowest BCUT2D eigenvalue weighted by Crippen LogP contribution is -2.37. The Morgan fingerprint density at radius 2 is 2.05 bits per heavy atom. The lowest BCUT2D eigenvalue weighted by atomic mass is 10.1. The van der Waals surface area contributed by atoms with E-state index in [0.29, 0.717) is 13.1 Å². The summed E-state index contributed by atoms with van der Waals surface area (Å²) in [6.45, 7) is 3.84. The summed E-state index contributed by atoms with van der Waals surface area (Å²) in [5.74, 6) is 0.0808. The predicted molar refractivity (Wildman–Crippen MR) is 80.8 cm³/mol. The first-order chi connectivity index (χ1) is 9.01. The van der Waals surface area contributed by atoms with E-state index in [2.05, 4.69) is 5.32 Å². The van der Waals surface area contributed by atoms with Crippen LogP contribution in [-0.2, 0) is 11.3 Å². The molecule has 0 radical (unpaired) electrons. The minimum atomic E-state index is 0.0808. The molecule has 0 aliphatic heterocycles. The fourth-order valence-electron chi connectivity index (χ4n) is 1.87. The summed E-state index contributed by atoms with van der Waals surface area (Å²) in [7, 11) is 5.42. The number of carbonyl (C=O) groups excluding carboxylic acids is 1. The third kappa shape index (κ3) is 4.11. The number of carbonyl (C=O) groups is 1. The highest BCUT2D eigenvalue weighted by Gasteiger charge is 2.16. The van der Waals surface area contributed by atoms with Crippen LogP contribution in [0.3, 0.4) is 0 Å². The molecule has 4 nitrogen and oxygen atoms in total. The summed E-state index contributed by atoms with van der Waals surface area (Å²) in [5, 5.41) is 3.84. The van der Waals surface area contributed by atoms with Crippen molar-refractivity contribution < 1.29 is 4.79 Å². The van der Waals surface area contributed by atoms with Gasteiger partial charge in [0.15, 0.2) is 0 Å². The van der Waals surface area contributed by atoms with Gasteiger partial charge in [-0.25, -0.2) is 0 Å². The lowest BCUT2D eigenvalue weighted by Gasteiger charge is -2.27. The maximum Gasteiger partial charge on any atom is 0.241 e. The minimum Gasteiger partial charge on any atom is -0.362 e. The van der Waals surface area contributed by atoms with Crippen molar-refractivity contribution in [1.82, 2.24) is 10.2 Å². The van der Waals surface area contributed by atoms with Gasteiger partial charge in [-0.2, -0.15) is 0 Å². The molecular formula is C14H22ClN3O. The Bertz CT molecular complexity index is 435. The standard InChI is InChI=1S/C14H22ClN3O/c1-5-18(10-14(19)17(3)4)13-8-6-7-12(15)11(13)9-16-2/h6-8,16H,5,9-10H2,1-4H3. The van der Waals surface area contributed by atoms with E-state index in [1.54, 1.807) is 19.0 Å². The maximum absolute atomic E-state index is 11.9. The van der Waals surface area contributed by atoms with Crippen LogP contribution in [0.2, 0.25) is 5.02 Å². The van der Waals surface area contributed by atoms with E-state index in [4.69, 9.17) is 11.6 Å². The molecule has 0 aliphatic carbocycles. The number of halogens is 1. The van der Waals surface area contributed by atoms with Gasteiger partial charge in [-0.05, 0) is 26.1 Å². The number of hydrogen-bond donors (Lipinski definition) is 1. The summed E-state index contributed by atoms with van der Waals surface area (Å²) in [6.07, 6.45) is 0. The number of benzene rings is 1. The topological polar surface area (TPSA) is 35.6 Å². The minimum absolute atomic E-state index is 0.0808. The van der Waals surface area contributed by atoms with Crippen molar-refractivity contribution in [3.63, 3.8) is 0 Å². The van der Waals surface area contributed by atoms with Gasteiger partial charge in [0.05, 0.1) is 6.54 Å². The summed E-state index contributed by atoms with van der Waals surface area (Å²) >= 11 is 6.25. The highest BCUT2D eigenvalue weighted by molar-refractivity contribution is 6.31. The molecule has 106 valence electrons. The zero-order valence-electron chi connectivity index (χ0n) is 12.0. The smallest absolute Gasteiger partial charge is 0.241 e. The van der Waals surface area contributed by atoms with E-state index >= 15 is 0 Å². The van der Waals surface area contributed by atoms with Crippen LogP contribution in [0.4, 0.5) is 5.69 Å². The van der Waals surface area contributed by atoms with Crippen LogP contribution in [0.25, 0.3) is 0 Å². The summed E-state index contributed by atoms with van der Waals surface area (Å²) in [5.41, 5.74) is 2.04. The Kier molecular flexibility index (Phi) is 6.12. The van der Waals surface area contributed by atoms with E-state index in [1.807, 2.05) is 37.1 Å². The molecule has 0 atom stereocenters. The molecule has 1 aromatic rings. The highest BCUT2D eigenvalue weighted by Crippen LogP contribution is 2.27. The molecule has 0 bridgehead atoms. The van der Waals surface area contributed by atoms with Gasteiger partial charge < -0.3 is 15.1 Å². The average Bonchev–Trinajstić information content (AvgIpc) is 2.38. The molecule has 0 aliphatic rings.